The second-order valence-corrected chi connectivity index (χ2v) is 4.50. The predicted molar refractivity (Wildman–Crippen MR) is 73.8 cm³/mol. The molecule has 0 saturated heterocycles. The minimum Gasteiger partial charge on any atom is -0.508 e. The van der Waals surface area contributed by atoms with Crippen LogP contribution in [0.4, 0.5) is 0 Å². The molecule has 0 aromatic heterocycles. The van der Waals surface area contributed by atoms with E-state index in [1.807, 2.05) is 24.3 Å². The molecule has 2 aromatic rings. The molecule has 0 spiro atoms. The van der Waals surface area contributed by atoms with E-state index in [0.29, 0.717) is 0 Å². The number of benzene rings is 2. The van der Waals surface area contributed by atoms with Crippen LogP contribution in [0.2, 0.25) is 0 Å². The molecule has 2 N–H and O–H groups in total. The second-order valence-electron chi connectivity index (χ2n) is 4.50. The van der Waals surface area contributed by atoms with E-state index in [4.69, 9.17) is 0 Å². The third kappa shape index (κ3) is 2.83. The molecule has 0 aliphatic rings. The van der Waals surface area contributed by atoms with Crippen molar-refractivity contribution in [1.29, 1.82) is 0 Å². The Hall–Kier alpha value is -1.96. The van der Waals surface area contributed by atoms with E-state index >= 15 is 0 Å². The summed E-state index contributed by atoms with van der Waals surface area (Å²) in [4.78, 5) is 0. The van der Waals surface area contributed by atoms with Crippen LogP contribution in [-0.4, -0.2) is 10.2 Å². The first-order chi connectivity index (χ1) is 8.70. The number of phenolic OH excluding ortho intramolecular Hbond substituents is 2. The van der Waals surface area contributed by atoms with Gasteiger partial charge in [0.2, 0.25) is 0 Å². The van der Waals surface area contributed by atoms with Crippen molar-refractivity contribution >= 4 is 0 Å². The van der Waals surface area contributed by atoms with Crippen molar-refractivity contribution in [1.82, 2.24) is 0 Å². The van der Waals surface area contributed by atoms with Gasteiger partial charge in [-0.1, -0.05) is 31.5 Å². The van der Waals surface area contributed by atoms with E-state index in [0.717, 1.165) is 30.4 Å². The fourth-order valence-electron chi connectivity index (χ4n) is 1.99. The number of rotatable bonds is 4. The largest absolute Gasteiger partial charge is 0.508 e. The van der Waals surface area contributed by atoms with Gasteiger partial charge in [0.15, 0.2) is 0 Å². The van der Waals surface area contributed by atoms with Gasteiger partial charge >= 0.3 is 0 Å². The highest BCUT2D eigenvalue weighted by atomic mass is 16.3. The molecule has 2 rings (SSSR count). The standard InChI is InChI=1S/C16H18O2/c1-2-3-4-12-5-10-16(18)15(11-12)13-6-8-14(17)9-7-13/h5-11,17-18H,2-4H2,1H3. The topological polar surface area (TPSA) is 40.5 Å². The maximum Gasteiger partial charge on any atom is 0.123 e. The van der Waals surface area contributed by atoms with E-state index in [1.165, 1.54) is 5.56 Å². The molecule has 2 aromatic carbocycles. The highest BCUT2D eigenvalue weighted by Gasteiger charge is 2.05. The Kier molecular flexibility index (Phi) is 3.88. The van der Waals surface area contributed by atoms with Crippen LogP contribution >= 0.6 is 0 Å². The van der Waals surface area contributed by atoms with E-state index < -0.39 is 0 Å². The summed E-state index contributed by atoms with van der Waals surface area (Å²) in [6, 6.07) is 12.6. The molecular formula is C16H18O2. The van der Waals surface area contributed by atoms with Gasteiger partial charge in [0.1, 0.15) is 11.5 Å². The molecule has 0 bridgehead atoms. The molecule has 2 nitrogen and oxygen atoms in total. The summed E-state index contributed by atoms with van der Waals surface area (Å²) in [5, 5.41) is 19.2. The highest BCUT2D eigenvalue weighted by Crippen LogP contribution is 2.31. The summed E-state index contributed by atoms with van der Waals surface area (Å²) in [5.41, 5.74) is 2.98. The lowest BCUT2D eigenvalue weighted by Crippen LogP contribution is -1.87. The number of unbranched alkanes of at least 4 members (excludes halogenated alkanes) is 1. The van der Waals surface area contributed by atoms with Crippen LogP contribution in [0, 0.1) is 0 Å². The van der Waals surface area contributed by atoms with Gasteiger partial charge in [-0.3, -0.25) is 0 Å². The van der Waals surface area contributed by atoms with Crippen LogP contribution in [0.1, 0.15) is 25.3 Å². The van der Waals surface area contributed by atoms with Crippen molar-refractivity contribution < 1.29 is 10.2 Å². The van der Waals surface area contributed by atoms with Crippen LogP contribution in [0.15, 0.2) is 42.5 Å². The SMILES string of the molecule is CCCCc1ccc(O)c(-c2ccc(O)cc2)c1. The van der Waals surface area contributed by atoms with Crippen molar-refractivity contribution in [3.05, 3.63) is 48.0 Å². The molecule has 0 amide bonds. The van der Waals surface area contributed by atoms with Crippen LogP contribution < -0.4 is 0 Å². The van der Waals surface area contributed by atoms with Crippen molar-refractivity contribution in [2.24, 2.45) is 0 Å². The number of phenols is 2. The Morgan fingerprint density at radius 1 is 0.944 bits per heavy atom. The average molecular weight is 242 g/mol. The highest BCUT2D eigenvalue weighted by molar-refractivity contribution is 5.71. The fraction of sp³-hybridized carbons (Fsp3) is 0.250. The maximum absolute atomic E-state index is 9.92. The van der Waals surface area contributed by atoms with Crippen LogP contribution in [0.3, 0.4) is 0 Å². The van der Waals surface area contributed by atoms with Gasteiger partial charge in [0.05, 0.1) is 0 Å². The Morgan fingerprint density at radius 3 is 2.33 bits per heavy atom. The van der Waals surface area contributed by atoms with E-state index in [2.05, 4.69) is 6.92 Å². The predicted octanol–water partition coefficient (Wildman–Crippen LogP) is 4.11. The number of hydrogen-bond acceptors (Lipinski definition) is 2. The van der Waals surface area contributed by atoms with Gasteiger partial charge in [-0.25, -0.2) is 0 Å². The molecule has 0 saturated carbocycles. The first-order valence-electron chi connectivity index (χ1n) is 6.32. The summed E-state index contributed by atoms with van der Waals surface area (Å²) >= 11 is 0. The minimum atomic E-state index is 0.236. The van der Waals surface area contributed by atoms with Gasteiger partial charge in [-0.05, 0) is 48.2 Å². The van der Waals surface area contributed by atoms with Crippen LogP contribution in [0.5, 0.6) is 11.5 Å². The van der Waals surface area contributed by atoms with E-state index in [-0.39, 0.29) is 11.5 Å². The molecule has 0 fully saturated rings. The molecule has 0 heterocycles. The Bertz CT molecular complexity index is 515. The zero-order valence-corrected chi connectivity index (χ0v) is 10.6. The van der Waals surface area contributed by atoms with E-state index in [9.17, 15) is 10.2 Å². The number of aryl methyl sites for hydroxylation is 1. The molecule has 0 aliphatic carbocycles. The van der Waals surface area contributed by atoms with Crippen LogP contribution in [0.25, 0.3) is 11.1 Å². The molecule has 0 aliphatic heterocycles. The maximum atomic E-state index is 9.92. The van der Waals surface area contributed by atoms with Gasteiger partial charge in [-0.15, -0.1) is 0 Å². The van der Waals surface area contributed by atoms with Gasteiger partial charge in [-0.2, -0.15) is 0 Å². The molecule has 2 heteroatoms. The normalized spacial score (nSPS) is 10.5. The first kappa shape index (κ1) is 12.5. The Labute approximate surface area is 108 Å². The molecule has 0 atom stereocenters. The smallest absolute Gasteiger partial charge is 0.123 e. The fourth-order valence-corrected chi connectivity index (χ4v) is 1.99. The summed E-state index contributed by atoms with van der Waals surface area (Å²) in [7, 11) is 0. The molecule has 0 unspecified atom stereocenters. The number of aromatic hydroxyl groups is 2. The monoisotopic (exact) mass is 242 g/mol. The van der Waals surface area contributed by atoms with Crippen molar-refractivity contribution in [2.45, 2.75) is 26.2 Å². The zero-order valence-electron chi connectivity index (χ0n) is 10.6. The number of hydrogen-bond donors (Lipinski definition) is 2. The third-order valence-corrected chi connectivity index (χ3v) is 3.06. The molecule has 0 radical (unpaired) electrons. The molecule has 94 valence electrons. The summed E-state index contributed by atoms with van der Waals surface area (Å²) in [6.45, 7) is 2.17. The molecule has 18 heavy (non-hydrogen) atoms. The first-order valence-corrected chi connectivity index (χ1v) is 6.32. The third-order valence-electron chi connectivity index (χ3n) is 3.06. The van der Waals surface area contributed by atoms with Crippen LogP contribution in [-0.2, 0) is 6.42 Å². The van der Waals surface area contributed by atoms with Gasteiger partial charge in [0.25, 0.3) is 0 Å². The summed E-state index contributed by atoms with van der Waals surface area (Å²) in [5.74, 6) is 0.515. The lowest BCUT2D eigenvalue weighted by atomic mass is 9.99. The molecular weight excluding hydrogens is 224 g/mol. The lowest BCUT2D eigenvalue weighted by molar-refractivity contribution is 0.474. The van der Waals surface area contributed by atoms with Crippen molar-refractivity contribution in [3.63, 3.8) is 0 Å². The van der Waals surface area contributed by atoms with Crippen molar-refractivity contribution in [3.8, 4) is 22.6 Å². The Morgan fingerprint density at radius 2 is 1.67 bits per heavy atom. The lowest BCUT2D eigenvalue weighted by Gasteiger charge is -2.08. The van der Waals surface area contributed by atoms with Gasteiger partial charge < -0.3 is 10.2 Å². The summed E-state index contributed by atoms with van der Waals surface area (Å²) < 4.78 is 0. The minimum absolute atomic E-state index is 0.236. The zero-order chi connectivity index (χ0) is 13.0. The second kappa shape index (κ2) is 5.58. The summed E-state index contributed by atoms with van der Waals surface area (Å²) in [6.07, 6.45) is 3.34. The quantitative estimate of drug-likeness (QED) is 0.847. The van der Waals surface area contributed by atoms with Crippen molar-refractivity contribution in [2.75, 3.05) is 0 Å². The van der Waals surface area contributed by atoms with E-state index in [1.54, 1.807) is 18.2 Å². The average Bonchev–Trinajstić information content (AvgIpc) is 2.39. The Balaban J connectivity index is 2.33. The van der Waals surface area contributed by atoms with Gasteiger partial charge in [0, 0.05) is 5.56 Å².